The van der Waals surface area contributed by atoms with Crippen LogP contribution in [0.25, 0.3) is 0 Å². The molecular formula is C38H76NO8P. The first-order valence-corrected chi connectivity index (χ1v) is 21.2. The zero-order valence-corrected chi connectivity index (χ0v) is 32.8. The number of likely N-dealkylation sites (N-methyl/N-ethyl adjacent to an activating group) is 1. The van der Waals surface area contributed by atoms with E-state index >= 15 is 0 Å². The van der Waals surface area contributed by atoms with E-state index in [0.717, 1.165) is 32.1 Å². The first-order chi connectivity index (χ1) is 23.0. The molecule has 0 aromatic carbocycles. The van der Waals surface area contributed by atoms with Gasteiger partial charge in [-0.1, -0.05) is 155 Å². The normalized spacial score (nSPS) is 13.7. The van der Waals surface area contributed by atoms with Crippen molar-refractivity contribution >= 4 is 19.8 Å². The van der Waals surface area contributed by atoms with Gasteiger partial charge in [0.2, 0.25) is 0 Å². The number of esters is 2. The second kappa shape index (κ2) is 32.0. The van der Waals surface area contributed by atoms with Crippen LogP contribution in [0, 0.1) is 0 Å². The standard InChI is InChI=1S/C38H76NO8P/c1-6-8-10-12-14-16-17-18-19-20-21-22-23-25-27-29-31-38(41)47-36(35-46-48(42,43)45-33-32-39(3,4)5)34-44-37(40)30-28-26-24-15-13-11-9-7-2/h36H,6-35H2,1-5H3/t36-/m1/s1. The molecule has 0 amide bonds. The van der Waals surface area contributed by atoms with Gasteiger partial charge in [0.15, 0.2) is 6.10 Å². The molecule has 0 radical (unpaired) electrons. The third-order valence-electron chi connectivity index (χ3n) is 8.63. The lowest BCUT2D eigenvalue weighted by Gasteiger charge is -2.28. The van der Waals surface area contributed by atoms with Crippen LogP contribution in [-0.4, -0.2) is 70.0 Å². The van der Waals surface area contributed by atoms with E-state index in [4.69, 9.17) is 18.5 Å². The maximum atomic E-state index is 12.6. The van der Waals surface area contributed by atoms with Gasteiger partial charge in [0.25, 0.3) is 7.82 Å². The Hall–Kier alpha value is -0.990. The highest BCUT2D eigenvalue weighted by atomic mass is 31.2. The number of hydrogen-bond donors (Lipinski definition) is 0. The summed E-state index contributed by atoms with van der Waals surface area (Å²) in [6.07, 6.45) is 28.5. The van der Waals surface area contributed by atoms with Crippen LogP contribution in [0.15, 0.2) is 0 Å². The van der Waals surface area contributed by atoms with Gasteiger partial charge < -0.3 is 27.9 Å². The number of phosphoric ester groups is 1. The molecule has 0 bridgehead atoms. The Bertz CT molecular complexity index is 804. The van der Waals surface area contributed by atoms with Gasteiger partial charge in [-0.25, -0.2) is 0 Å². The zero-order chi connectivity index (χ0) is 35.8. The number of quaternary nitrogens is 1. The summed E-state index contributed by atoms with van der Waals surface area (Å²) in [5, 5.41) is 0. The Kier molecular flexibility index (Phi) is 31.3. The van der Waals surface area contributed by atoms with E-state index in [1.54, 1.807) is 0 Å². The van der Waals surface area contributed by atoms with Crippen molar-refractivity contribution in [3.8, 4) is 0 Å². The number of carbonyl (C=O) groups excluding carboxylic acids is 2. The second-order valence-corrected chi connectivity index (χ2v) is 16.1. The molecule has 0 aromatic heterocycles. The number of hydrogen-bond acceptors (Lipinski definition) is 8. The summed E-state index contributed by atoms with van der Waals surface area (Å²) >= 11 is 0. The zero-order valence-electron chi connectivity index (χ0n) is 32.0. The summed E-state index contributed by atoms with van der Waals surface area (Å²) in [7, 11) is 1.18. The summed E-state index contributed by atoms with van der Waals surface area (Å²) in [5.74, 6) is -0.830. The lowest BCUT2D eigenvalue weighted by Crippen LogP contribution is -2.37. The lowest BCUT2D eigenvalue weighted by atomic mass is 10.0. The molecular weight excluding hydrogens is 629 g/mol. The van der Waals surface area contributed by atoms with E-state index in [0.29, 0.717) is 17.4 Å². The Morgan fingerprint density at radius 3 is 1.33 bits per heavy atom. The van der Waals surface area contributed by atoms with Crippen LogP contribution in [-0.2, 0) is 32.7 Å². The summed E-state index contributed by atoms with van der Waals surface area (Å²) in [4.78, 5) is 37.2. The van der Waals surface area contributed by atoms with Crippen LogP contribution in [0.1, 0.15) is 181 Å². The molecule has 2 atom stereocenters. The van der Waals surface area contributed by atoms with Crippen LogP contribution in [0.5, 0.6) is 0 Å². The summed E-state index contributed by atoms with van der Waals surface area (Å²) < 4.78 is 33.7. The third kappa shape index (κ3) is 34.9. The van der Waals surface area contributed by atoms with E-state index in [1.807, 2.05) is 21.1 Å². The quantitative estimate of drug-likeness (QED) is 0.0274. The molecule has 0 heterocycles. The minimum Gasteiger partial charge on any atom is -0.756 e. The molecule has 1 unspecified atom stereocenters. The molecule has 0 aliphatic heterocycles. The van der Waals surface area contributed by atoms with Crippen molar-refractivity contribution in [2.24, 2.45) is 0 Å². The molecule has 48 heavy (non-hydrogen) atoms. The number of carbonyl (C=O) groups is 2. The van der Waals surface area contributed by atoms with Crippen molar-refractivity contribution in [3.05, 3.63) is 0 Å². The van der Waals surface area contributed by atoms with Gasteiger partial charge in [-0.3, -0.25) is 14.2 Å². The predicted octanol–water partition coefficient (Wildman–Crippen LogP) is 9.83. The van der Waals surface area contributed by atoms with Gasteiger partial charge in [0.05, 0.1) is 27.7 Å². The number of ether oxygens (including phenoxy) is 2. The fraction of sp³-hybridized carbons (Fsp3) is 0.947. The molecule has 0 aromatic rings. The lowest BCUT2D eigenvalue weighted by molar-refractivity contribution is -0.870. The van der Waals surface area contributed by atoms with Crippen LogP contribution < -0.4 is 4.89 Å². The van der Waals surface area contributed by atoms with E-state index in [9.17, 15) is 19.0 Å². The van der Waals surface area contributed by atoms with Crippen LogP contribution in [0.3, 0.4) is 0 Å². The molecule has 10 heteroatoms. The van der Waals surface area contributed by atoms with Crippen molar-refractivity contribution in [2.75, 3.05) is 47.5 Å². The molecule has 0 spiro atoms. The highest BCUT2D eigenvalue weighted by Gasteiger charge is 2.21. The smallest absolute Gasteiger partial charge is 0.306 e. The van der Waals surface area contributed by atoms with Crippen LogP contribution >= 0.6 is 7.82 Å². The van der Waals surface area contributed by atoms with Crippen molar-refractivity contribution in [1.82, 2.24) is 0 Å². The molecule has 0 fully saturated rings. The second-order valence-electron chi connectivity index (χ2n) is 14.7. The monoisotopic (exact) mass is 706 g/mol. The first kappa shape index (κ1) is 47.0. The van der Waals surface area contributed by atoms with Gasteiger partial charge in [-0.05, 0) is 12.8 Å². The third-order valence-corrected chi connectivity index (χ3v) is 9.59. The molecule has 0 N–H and O–H groups in total. The predicted molar refractivity (Wildman–Crippen MR) is 195 cm³/mol. The fourth-order valence-corrected chi connectivity index (χ4v) is 6.21. The Labute approximate surface area is 295 Å². The molecule has 0 saturated heterocycles. The van der Waals surface area contributed by atoms with E-state index in [-0.39, 0.29) is 32.0 Å². The largest absolute Gasteiger partial charge is 0.756 e. The van der Waals surface area contributed by atoms with Gasteiger partial charge in [0.1, 0.15) is 19.8 Å². The topological polar surface area (TPSA) is 111 Å². The van der Waals surface area contributed by atoms with Crippen molar-refractivity contribution < 1.29 is 42.1 Å². The maximum absolute atomic E-state index is 12.6. The van der Waals surface area contributed by atoms with Gasteiger partial charge in [-0.2, -0.15) is 0 Å². The molecule has 0 aliphatic rings. The van der Waals surface area contributed by atoms with Gasteiger partial charge in [-0.15, -0.1) is 0 Å². The average Bonchev–Trinajstić information content (AvgIpc) is 3.02. The minimum atomic E-state index is -4.61. The molecule has 0 saturated carbocycles. The van der Waals surface area contributed by atoms with E-state index in [2.05, 4.69) is 13.8 Å². The summed E-state index contributed by atoms with van der Waals surface area (Å²) in [6.45, 7) is 4.20. The molecule has 0 rings (SSSR count). The summed E-state index contributed by atoms with van der Waals surface area (Å²) in [6, 6.07) is 0. The number of phosphoric acid groups is 1. The van der Waals surface area contributed by atoms with E-state index < -0.39 is 26.5 Å². The molecule has 286 valence electrons. The highest BCUT2D eigenvalue weighted by Crippen LogP contribution is 2.38. The Balaban J connectivity index is 4.33. The highest BCUT2D eigenvalue weighted by molar-refractivity contribution is 7.45. The van der Waals surface area contributed by atoms with Gasteiger partial charge in [0, 0.05) is 12.8 Å². The number of nitrogens with zero attached hydrogens (tertiary/aromatic N) is 1. The number of unbranched alkanes of at least 4 members (excludes halogenated alkanes) is 22. The van der Waals surface area contributed by atoms with Crippen molar-refractivity contribution in [1.29, 1.82) is 0 Å². The average molecular weight is 706 g/mol. The van der Waals surface area contributed by atoms with Crippen molar-refractivity contribution in [3.63, 3.8) is 0 Å². The number of rotatable bonds is 36. The Morgan fingerprint density at radius 1 is 0.562 bits per heavy atom. The minimum absolute atomic E-state index is 0.0262. The Morgan fingerprint density at radius 2 is 0.938 bits per heavy atom. The maximum Gasteiger partial charge on any atom is 0.306 e. The van der Waals surface area contributed by atoms with Crippen LogP contribution in [0.2, 0.25) is 0 Å². The van der Waals surface area contributed by atoms with Crippen LogP contribution in [0.4, 0.5) is 0 Å². The SMILES string of the molecule is CCCCCCCCCCCCCCCCCCC(=O)O[C@H](COC(=O)CCCCCCCCCC)COP(=O)([O-])OCC[N+](C)(C)C. The van der Waals surface area contributed by atoms with Crippen molar-refractivity contribution in [2.45, 2.75) is 187 Å². The first-order valence-electron chi connectivity index (χ1n) is 19.7. The van der Waals surface area contributed by atoms with E-state index in [1.165, 1.54) is 116 Å². The molecule has 0 aliphatic carbocycles. The summed E-state index contributed by atoms with van der Waals surface area (Å²) in [5.41, 5.74) is 0. The molecule has 9 nitrogen and oxygen atoms in total. The van der Waals surface area contributed by atoms with Gasteiger partial charge >= 0.3 is 11.9 Å². The fourth-order valence-electron chi connectivity index (χ4n) is 5.48.